The van der Waals surface area contributed by atoms with E-state index in [-0.39, 0.29) is 16.5 Å². The molecule has 3 aromatic carbocycles. The molecule has 0 saturated carbocycles. The number of carbonyl (C=O) groups excluding carboxylic acids is 1. The monoisotopic (exact) mass is 509 g/mol. The van der Waals surface area contributed by atoms with Crippen LogP contribution in [0.4, 0.5) is 10.1 Å². The van der Waals surface area contributed by atoms with Crippen LogP contribution in [-0.4, -0.2) is 30.2 Å². The van der Waals surface area contributed by atoms with E-state index in [2.05, 4.69) is 0 Å². The maximum atomic E-state index is 14.3. The molecule has 0 fully saturated rings. The Labute approximate surface area is 213 Å². The maximum absolute atomic E-state index is 14.3. The molecule has 1 N–H and O–H groups in total. The Hall–Kier alpha value is -3.58. The molecule has 0 saturated heterocycles. The van der Waals surface area contributed by atoms with Gasteiger partial charge in [-0.05, 0) is 64.6 Å². The molecule has 6 nitrogen and oxygen atoms in total. The quantitative estimate of drug-likeness (QED) is 0.460. The van der Waals surface area contributed by atoms with Gasteiger partial charge in [0.2, 0.25) is 0 Å². The van der Waals surface area contributed by atoms with Gasteiger partial charge in [-0.1, -0.05) is 44.5 Å². The zero-order valence-electron chi connectivity index (χ0n) is 20.0. The highest BCUT2D eigenvalue weighted by atomic mass is 35.5. The summed E-state index contributed by atoms with van der Waals surface area (Å²) in [5, 5.41) is 10.8. The largest absolute Gasteiger partial charge is 0.486 e. The van der Waals surface area contributed by atoms with Crippen molar-refractivity contribution in [3.8, 4) is 11.5 Å². The normalized spacial score (nSPS) is 19.1. The molecule has 2 aliphatic rings. The summed E-state index contributed by atoms with van der Waals surface area (Å²) in [6, 6.07) is 13.0. The van der Waals surface area contributed by atoms with Crippen molar-refractivity contribution in [3.63, 3.8) is 0 Å². The number of anilines is 1. The van der Waals surface area contributed by atoms with E-state index in [0.717, 1.165) is 17.7 Å². The van der Waals surface area contributed by atoms with Gasteiger partial charge in [0.1, 0.15) is 24.9 Å². The molecule has 0 bridgehead atoms. The van der Waals surface area contributed by atoms with E-state index < -0.39 is 29.7 Å². The molecular weight excluding hydrogens is 485 g/mol. The fourth-order valence-corrected chi connectivity index (χ4v) is 5.41. The van der Waals surface area contributed by atoms with Crippen molar-refractivity contribution in [2.75, 3.05) is 18.1 Å². The smallest absolute Gasteiger partial charge is 0.313 e. The maximum Gasteiger partial charge on any atom is 0.313 e. The Morgan fingerprint density at radius 1 is 1.03 bits per heavy atom. The molecule has 0 unspecified atom stereocenters. The Bertz CT molecular complexity index is 1380. The fraction of sp³-hybridized carbons (Fsp3) is 0.286. The second-order valence-corrected chi connectivity index (χ2v) is 10.4. The van der Waals surface area contributed by atoms with Crippen LogP contribution in [0.3, 0.4) is 0 Å². The minimum atomic E-state index is -1.24. The summed E-state index contributed by atoms with van der Waals surface area (Å²) < 4.78 is 25.6. The third kappa shape index (κ3) is 4.07. The van der Waals surface area contributed by atoms with Crippen LogP contribution >= 0.6 is 11.6 Å². The minimum absolute atomic E-state index is 0.126. The van der Waals surface area contributed by atoms with Crippen molar-refractivity contribution in [2.45, 2.75) is 38.1 Å². The highest BCUT2D eigenvalue weighted by Crippen LogP contribution is 2.48. The van der Waals surface area contributed by atoms with E-state index in [4.69, 9.17) is 21.1 Å². The van der Waals surface area contributed by atoms with Crippen LogP contribution in [0.5, 0.6) is 11.5 Å². The first-order valence-electron chi connectivity index (χ1n) is 11.6. The molecule has 0 aliphatic carbocycles. The average molecular weight is 510 g/mol. The Morgan fingerprint density at radius 2 is 1.75 bits per heavy atom. The molecule has 2 heterocycles. The third-order valence-corrected chi connectivity index (χ3v) is 6.92. The van der Waals surface area contributed by atoms with Crippen molar-refractivity contribution in [1.29, 1.82) is 0 Å². The molecule has 5 rings (SSSR count). The predicted molar refractivity (Wildman–Crippen MR) is 134 cm³/mol. The average Bonchev–Trinajstić information content (AvgIpc) is 2.82. The van der Waals surface area contributed by atoms with Crippen LogP contribution in [-0.2, 0) is 10.2 Å². The van der Waals surface area contributed by atoms with Gasteiger partial charge in [-0.25, -0.2) is 4.39 Å². The summed E-state index contributed by atoms with van der Waals surface area (Å²) in [5.74, 6) is -2.48. The first-order chi connectivity index (χ1) is 17.1. The molecule has 1 amide bonds. The lowest BCUT2D eigenvalue weighted by atomic mass is 9.79. The van der Waals surface area contributed by atoms with E-state index in [1.807, 2.05) is 26.8 Å². The number of hydrogen-bond acceptors (Lipinski definition) is 4. The molecule has 3 aromatic rings. The number of carboxylic acids is 1. The van der Waals surface area contributed by atoms with Gasteiger partial charge in [-0.2, -0.15) is 0 Å². The summed E-state index contributed by atoms with van der Waals surface area (Å²) in [7, 11) is 0. The van der Waals surface area contributed by atoms with Gasteiger partial charge >= 0.3 is 5.97 Å². The molecule has 2 atom stereocenters. The van der Waals surface area contributed by atoms with Crippen molar-refractivity contribution in [2.24, 2.45) is 0 Å². The van der Waals surface area contributed by atoms with Crippen molar-refractivity contribution < 1.29 is 28.6 Å². The number of benzene rings is 3. The third-order valence-electron chi connectivity index (χ3n) is 6.60. The van der Waals surface area contributed by atoms with Gasteiger partial charge in [0, 0.05) is 16.3 Å². The first kappa shape index (κ1) is 24.1. The summed E-state index contributed by atoms with van der Waals surface area (Å²) in [6.07, 6.45) is 0. The molecule has 186 valence electrons. The number of aliphatic carboxylic acids is 1. The number of amides is 1. The zero-order valence-corrected chi connectivity index (χ0v) is 20.8. The zero-order chi connectivity index (χ0) is 25.8. The molecular formula is C28H25ClFNO5. The van der Waals surface area contributed by atoms with Gasteiger partial charge in [0.05, 0.1) is 6.04 Å². The standard InChI is InChI=1S/C28H25ClFNO5/c1-28(2,3)20-8-6-17(14-21(20)29)31-25(15-4-9-22-23(12-15)36-11-10-35-22)24(27(33)34)19-13-16(30)5-7-18(19)26(31)32/h4-9,12-14,24-25H,10-11H2,1-3H3,(H,33,34)/t24-,25+/m1/s1. The fourth-order valence-electron chi connectivity index (χ4n) is 4.95. The van der Waals surface area contributed by atoms with Gasteiger partial charge in [-0.15, -0.1) is 0 Å². The van der Waals surface area contributed by atoms with Gasteiger partial charge in [-0.3, -0.25) is 14.5 Å². The SMILES string of the molecule is CC(C)(C)c1ccc(N2C(=O)c3ccc(F)cc3[C@@H](C(=O)O)[C@@H]2c2ccc3c(c2)OCCO3)cc1Cl. The van der Waals surface area contributed by atoms with E-state index in [9.17, 15) is 19.1 Å². The number of carbonyl (C=O) groups is 2. The van der Waals surface area contributed by atoms with Crippen molar-refractivity contribution in [1.82, 2.24) is 0 Å². The van der Waals surface area contributed by atoms with Gasteiger partial charge in [0.15, 0.2) is 11.5 Å². The van der Waals surface area contributed by atoms with Crippen molar-refractivity contribution in [3.05, 3.63) is 87.7 Å². The second kappa shape index (κ2) is 8.82. The number of fused-ring (bicyclic) bond motifs is 2. The molecule has 0 spiro atoms. The Kier molecular flexibility index (Phi) is 5.91. The topological polar surface area (TPSA) is 76.1 Å². The van der Waals surface area contributed by atoms with Crippen LogP contribution in [0, 0.1) is 5.82 Å². The lowest BCUT2D eigenvalue weighted by Gasteiger charge is -2.41. The highest BCUT2D eigenvalue weighted by molar-refractivity contribution is 6.32. The molecule has 36 heavy (non-hydrogen) atoms. The Morgan fingerprint density at radius 3 is 2.42 bits per heavy atom. The summed E-state index contributed by atoms with van der Waals surface area (Å²) >= 11 is 6.65. The second-order valence-electron chi connectivity index (χ2n) is 9.98. The lowest BCUT2D eigenvalue weighted by molar-refractivity contribution is -0.139. The number of carboxylic acid groups (broad SMARTS) is 1. The molecule has 8 heteroatoms. The van der Waals surface area contributed by atoms with Crippen LogP contribution < -0.4 is 14.4 Å². The molecule has 2 aliphatic heterocycles. The van der Waals surface area contributed by atoms with Crippen LogP contribution in [0.15, 0.2) is 54.6 Å². The van der Waals surface area contributed by atoms with Crippen LogP contribution in [0.25, 0.3) is 0 Å². The predicted octanol–water partition coefficient (Wildman–Crippen LogP) is 6.12. The first-order valence-corrected chi connectivity index (χ1v) is 12.0. The van der Waals surface area contributed by atoms with E-state index >= 15 is 0 Å². The summed E-state index contributed by atoms with van der Waals surface area (Å²) in [4.78, 5) is 28.0. The Balaban J connectivity index is 1.74. The number of hydrogen-bond donors (Lipinski definition) is 1. The van der Waals surface area contributed by atoms with E-state index in [0.29, 0.717) is 41.0 Å². The number of halogens is 2. The molecule has 0 aromatic heterocycles. The van der Waals surface area contributed by atoms with Gasteiger partial charge in [0.25, 0.3) is 5.91 Å². The van der Waals surface area contributed by atoms with Crippen LogP contribution in [0.1, 0.15) is 59.8 Å². The van der Waals surface area contributed by atoms with E-state index in [1.54, 1.807) is 30.3 Å². The van der Waals surface area contributed by atoms with Gasteiger partial charge < -0.3 is 14.6 Å². The summed E-state index contributed by atoms with van der Waals surface area (Å²) in [5.41, 5.74) is 1.88. The van der Waals surface area contributed by atoms with Crippen molar-refractivity contribution >= 4 is 29.2 Å². The molecule has 0 radical (unpaired) electrons. The van der Waals surface area contributed by atoms with E-state index in [1.165, 1.54) is 11.0 Å². The summed E-state index contributed by atoms with van der Waals surface area (Å²) in [6.45, 7) is 6.85. The highest BCUT2D eigenvalue weighted by Gasteiger charge is 2.46. The number of ether oxygens (including phenoxy) is 2. The number of rotatable bonds is 3. The van der Waals surface area contributed by atoms with Crippen LogP contribution in [0.2, 0.25) is 5.02 Å². The lowest BCUT2D eigenvalue weighted by Crippen LogP contribution is -2.45. The number of nitrogens with zero attached hydrogens (tertiary/aromatic N) is 1. The minimum Gasteiger partial charge on any atom is -0.486 e.